The summed E-state index contributed by atoms with van der Waals surface area (Å²) in [5, 5.41) is 0. The summed E-state index contributed by atoms with van der Waals surface area (Å²) in [5.41, 5.74) is 1.09. The van der Waals surface area contributed by atoms with Gasteiger partial charge in [0.25, 0.3) is 0 Å². The summed E-state index contributed by atoms with van der Waals surface area (Å²) in [6, 6.07) is 1.58. The minimum Gasteiger partial charge on any atom is -0.351 e. The first-order valence-corrected chi connectivity index (χ1v) is 8.84. The van der Waals surface area contributed by atoms with Crippen LogP contribution in [0.15, 0.2) is 18.7 Å². The van der Waals surface area contributed by atoms with Crippen LogP contribution in [0.2, 0.25) is 24.7 Å². The van der Waals surface area contributed by atoms with E-state index < -0.39 is 8.07 Å². The Balaban J connectivity index is 0.000000165. The van der Waals surface area contributed by atoms with Crippen LogP contribution in [-0.2, 0) is 0 Å². The minimum absolute atomic E-state index is 0.694. The van der Waals surface area contributed by atoms with Crippen molar-refractivity contribution >= 4 is 8.07 Å². The monoisotopic (exact) mass is 210 g/mol. The normalized spacial score (nSPS) is 24.9. The van der Waals surface area contributed by atoms with Gasteiger partial charge in [-0.3, -0.25) is 0 Å². The number of imidazole rings is 1. The molecular formula is C11H22N2Si. The second-order valence-corrected chi connectivity index (χ2v) is 10.4. The average Bonchev–Trinajstić information content (AvgIpc) is 2.67. The maximum absolute atomic E-state index is 3.67. The highest BCUT2D eigenvalue weighted by Gasteiger charge is 2.30. The Labute approximate surface area is 88.2 Å². The first-order valence-electron chi connectivity index (χ1n) is 5.55. The van der Waals surface area contributed by atoms with E-state index in [2.05, 4.69) is 30.0 Å². The third-order valence-electron chi connectivity index (χ3n) is 3.45. The molecule has 80 valence electrons. The molecule has 1 N–H and O–H groups in total. The fourth-order valence-corrected chi connectivity index (χ4v) is 4.52. The van der Waals surface area contributed by atoms with Crippen LogP contribution >= 0.6 is 0 Å². The second-order valence-electron chi connectivity index (χ2n) is 4.90. The molecule has 2 nitrogen and oxygen atoms in total. The van der Waals surface area contributed by atoms with Crippen molar-refractivity contribution in [2.75, 3.05) is 0 Å². The summed E-state index contributed by atoms with van der Waals surface area (Å²) in [6.07, 6.45) is 9.61. The molecule has 0 aliphatic carbocycles. The average molecular weight is 210 g/mol. The molecule has 1 aliphatic heterocycles. The molecule has 1 aliphatic rings. The largest absolute Gasteiger partial charge is 0.351 e. The highest BCUT2D eigenvalue weighted by molar-refractivity contribution is 6.78. The van der Waals surface area contributed by atoms with Gasteiger partial charge in [-0.05, 0) is 5.54 Å². The number of H-pyrrole nitrogens is 1. The summed E-state index contributed by atoms with van der Waals surface area (Å²) in [7, 11) is -0.694. The highest BCUT2D eigenvalue weighted by Crippen LogP contribution is 2.36. The predicted molar refractivity (Wildman–Crippen MR) is 64.2 cm³/mol. The lowest BCUT2D eigenvalue weighted by Gasteiger charge is -2.34. The zero-order valence-corrected chi connectivity index (χ0v) is 10.6. The van der Waals surface area contributed by atoms with Gasteiger partial charge in [-0.1, -0.05) is 45.3 Å². The summed E-state index contributed by atoms with van der Waals surface area (Å²) < 4.78 is 0. The third-order valence-corrected chi connectivity index (χ3v) is 8.05. The van der Waals surface area contributed by atoms with Gasteiger partial charge in [0.15, 0.2) is 0 Å². The molecule has 1 atom stereocenters. The van der Waals surface area contributed by atoms with Crippen LogP contribution in [0.4, 0.5) is 0 Å². The Morgan fingerprint density at radius 2 is 2.14 bits per heavy atom. The Kier molecular flexibility index (Phi) is 4.39. The highest BCUT2D eigenvalue weighted by atomic mass is 28.3. The molecule has 3 heteroatoms. The first-order chi connectivity index (χ1) is 6.63. The summed E-state index contributed by atoms with van der Waals surface area (Å²) in [6.45, 7) is 7.53. The van der Waals surface area contributed by atoms with Gasteiger partial charge in [-0.2, -0.15) is 0 Å². The lowest BCUT2D eigenvalue weighted by atomic mass is 10.2. The smallest absolute Gasteiger partial charge is 0.0919 e. The van der Waals surface area contributed by atoms with E-state index in [9.17, 15) is 0 Å². The summed E-state index contributed by atoms with van der Waals surface area (Å²) >= 11 is 0. The molecule has 1 aromatic rings. The van der Waals surface area contributed by atoms with E-state index in [0.29, 0.717) is 0 Å². The van der Waals surface area contributed by atoms with Crippen molar-refractivity contribution in [2.45, 2.75) is 50.9 Å². The standard InChI is InChI=1S/C8H18Si.C3H4N2/c1-8-6-4-5-7-9(8,2)3;1-2-5-3-4-1/h8H,4-7H2,1-3H3;1-3H,(H,4,5). The Bertz CT molecular complexity index is 214. The molecule has 0 saturated carbocycles. The zero-order chi connectivity index (χ0) is 10.4. The SMILES string of the molecule is CC1CCCC[Si]1(C)C.c1c[nH]cn1. The topological polar surface area (TPSA) is 28.7 Å². The van der Waals surface area contributed by atoms with E-state index in [-0.39, 0.29) is 0 Å². The lowest BCUT2D eigenvalue weighted by molar-refractivity contribution is 0.635. The van der Waals surface area contributed by atoms with Crippen molar-refractivity contribution in [1.29, 1.82) is 0 Å². The maximum Gasteiger partial charge on any atom is 0.0919 e. The number of nitrogens with zero attached hydrogens (tertiary/aromatic N) is 1. The van der Waals surface area contributed by atoms with Crippen molar-refractivity contribution in [3.05, 3.63) is 18.7 Å². The Hall–Kier alpha value is -0.573. The van der Waals surface area contributed by atoms with E-state index >= 15 is 0 Å². The molecule has 2 rings (SSSR count). The molecule has 0 radical (unpaired) electrons. The molecule has 1 fully saturated rings. The quantitative estimate of drug-likeness (QED) is 0.650. The van der Waals surface area contributed by atoms with Gasteiger partial charge in [0.2, 0.25) is 0 Å². The van der Waals surface area contributed by atoms with E-state index in [1.54, 1.807) is 24.8 Å². The molecule has 14 heavy (non-hydrogen) atoms. The van der Waals surface area contributed by atoms with Crippen LogP contribution in [-0.4, -0.2) is 18.0 Å². The molecule has 2 heterocycles. The van der Waals surface area contributed by atoms with Crippen molar-refractivity contribution < 1.29 is 0 Å². The number of hydrogen-bond acceptors (Lipinski definition) is 1. The van der Waals surface area contributed by atoms with Crippen molar-refractivity contribution in [2.24, 2.45) is 0 Å². The molecule has 0 aromatic carbocycles. The number of aromatic amines is 1. The first kappa shape index (κ1) is 11.5. The molecule has 1 saturated heterocycles. The third kappa shape index (κ3) is 3.66. The molecule has 1 unspecified atom stereocenters. The van der Waals surface area contributed by atoms with E-state index in [1.165, 1.54) is 19.3 Å². The van der Waals surface area contributed by atoms with Crippen molar-refractivity contribution in [3.8, 4) is 0 Å². The summed E-state index contributed by atoms with van der Waals surface area (Å²) in [4.78, 5) is 6.42. The fourth-order valence-electron chi connectivity index (χ4n) is 1.88. The van der Waals surface area contributed by atoms with Gasteiger partial charge in [0.1, 0.15) is 0 Å². The molecule has 1 aromatic heterocycles. The number of hydrogen-bond donors (Lipinski definition) is 1. The molecular weight excluding hydrogens is 188 g/mol. The van der Waals surface area contributed by atoms with Gasteiger partial charge in [0.05, 0.1) is 14.4 Å². The molecule has 0 amide bonds. The van der Waals surface area contributed by atoms with Crippen LogP contribution in [0.1, 0.15) is 26.2 Å². The van der Waals surface area contributed by atoms with Crippen LogP contribution in [0, 0.1) is 0 Å². The van der Waals surface area contributed by atoms with Crippen LogP contribution < -0.4 is 0 Å². The Morgan fingerprint density at radius 1 is 1.36 bits per heavy atom. The van der Waals surface area contributed by atoms with Gasteiger partial charge in [-0.25, -0.2) is 4.98 Å². The van der Waals surface area contributed by atoms with Gasteiger partial charge >= 0.3 is 0 Å². The zero-order valence-electron chi connectivity index (χ0n) is 9.59. The second kappa shape index (κ2) is 5.34. The van der Waals surface area contributed by atoms with Gasteiger partial charge < -0.3 is 4.98 Å². The van der Waals surface area contributed by atoms with Crippen molar-refractivity contribution in [1.82, 2.24) is 9.97 Å². The number of aromatic nitrogens is 2. The summed E-state index contributed by atoms with van der Waals surface area (Å²) in [5.74, 6) is 0. The lowest BCUT2D eigenvalue weighted by Crippen LogP contribution is -2.33. The number of rotatable bonds is 0. The van der Waals surface area contributed by atoms with Crippen LogP contribution in [0.3, 0.4) is 0 Å². The van der Waals surface area contributed by atoms with E-state index in [1.807, 2.05) is 0 Å². The van der Waals surface area contributed by atoms with Crippen LogP contribution in [0.5, 0.6) is 0 Å². The number of nitrogens with one attached hydrogen (secondary N) is 1. The van der Waals surface area contributed by atoms with E-state index in [0.717, 1.165) is 5.54 Å². The minimum atomic E-state index is -0.694. The van der Waals surface area contributed by atoms with Crippen LogP contribution in [0.25, 0.3) is 0 Å². The fraction of sp³-hybridized carbons (Fsp3) is 0.727. The molecule has 0 spiro atoms. The van der Waals surface area contributed by atoms with E-state index in [4.69, 9.17) is 0 Å². The van der Waals surface area contributed by atoms with Gasteiger partial charge in [0, 0.05) is 12.4 Å². The Morgan fingerprint density at radius 3 is 2.43 bits per heavy atom. The molecule has 0 bridgehead atoms. The van der Waals surface area contributed by atoms with Gasteiger partial charge in [-0.15, -0.1) is 0 Å². The maximum atomic E-state index is 3.67. The predicted octanol–water partition coefficient (Wildman–Crippen LogP) is 3.68. The van der Waals surface area contributed by atoms with Crippen molar-refractivity contribution in [3.63, 3.8) is 0 Å².